The summed E-state index contributed by atoms with van der Waals surface area (Å²) < 4.78 is 62.8. The lowest BCUT2D eigenvalue weighted by Gasteiger charge is -2.50. The second-order valence-corrected chi connectivity index (χ2v) is 19.0. The average Bonchev–Trinajstić information content (AvgIpc) is 3.38. The van der Waals surface area contributed by atoms with Crippen molar-refractivity contribution < 1.29 is 153 Å². The van der Waals surface area contributed by atoms with Gasteiger partial charge >= 0.3 is 0 Å². The molecule has 6 aliphatic rings. The molecule has 0 aromatic carbocycles. The van der Waals surface area contributed by atoms with Gasteiger partial charge in [-0.05, 0) is 0 Å². The van der Waals surface area contributed by atoms with Crippen LogP contribution in [0.5, 0.6) is 0 Å². The third kappa shape index (κ3) is 13.7. The van der Waals surface area contributed by atoms with Gasteiger partial charge in [-0.3, -0.25) is 14.4 Å². The molecule has 6 heterocycles. The molecule has 0 aromatic rings. The zero-order valence-corrected chi connectivity index (χ0v) is 40.9. The van der Waals surface area contributed by atoms with E-state index in [1.165, 1.54) is 0 Å². The fourth-order valence-corrected chi connectivity index (χ4v) is 9.63. The van der Waals surface area contributed by atoms with Crippen LogP contribution in [0.15, 0.2) is 0 Å². The molecular formula is C42H71N3O31. The van der Waals surface area contributed by atoms with E-state index in [4.69, 9.17) is 52.1 Å². The molecule has 0 aromatic heterocycles. The van der Waals surface area contributed by atoms with Gasteiger partial charge < -0.3 is 155 Å². The number of carbonyl (C=O) groups excluding carboxylic acids is 3. The number of ether oxygens (including phenoxy) is 11. The maximum absolute atomic E-state index is 12.5. The van der Waals surface area contributed by atoms with Crippen LogP contribution in [-0.4, -0.2) is 328 Å². The lowest BCUT2D eigenvalue weighted by atomic mass is 9.94. The van der Waals surface area contributed by atoms with Crippen molar-refractivity contribution in [2.24, 2.45) is 0 Å². The van der Waals surface area contributed by atoms with Crippen molar-refractivity contribution in [2.45, 2.75) is 205 Å². The minimum atomic E-state index is -2.19. The topological polar surface area (TPSA) is 533 Å². The Labute approximate surface area is 431 Å². The van der Waals surface area contributed by atoms with Crippen molar-refractivity contribution in [2.75, 3.05) is 39.6 Å². The van der Waals surface area contributed by atoms with E-state index in [1.807, 2.05) is 0 Å². The summed E-state index contributed by atoms with van der Waals surface area (Å²) in [5.41, 5.74) is 0. The normalized spacial score (nSPS) is 48.2. The highest BCUT2D eigenvalue weighted by Crippen LogP contribution is 2.36. The molecule has 76 heavy (non-hydrogen) atoms. The maximum Gasteiger partial charge on any atom is 0.217 e. The van der Waals surface area contributed by atoms with Crippen molar-refractivity contribution in [3.63, 3.8) is 0 Å². The smallest absolute Gasteiger partial charge is 0.217 e. The average molecular weight is 1110 g/mol. The van der Waals surface area contributed by atoms with Crippen LogP contribution in [-0.2, 0) is 66.5 Å². The molecule has 0 aliphatic carbocycles. The minimum absolute atomic E-state index is 0.753. The van der Waals surface area contributed by atoms with Gasteiger partial charge in [-0.1, -0.05) is 0 Å². The molecule has 0 spiro atoms. The van der Waals surface area contributed by atoms with E-state index in [9.17, 15) is 101 Å². The molecule has 30 atom stereocenters. The van der Waals surface area contributed by atoms with E-state index in [0.717, 1.165) is 20.8 Å². The highest BCUT2D eigenvalue weighted by molar-refractivity contribution is 5.74. The lowest BCUT2D eigenvalue weighted by Crippen LogP contribution is -2.70. The maximum atomic E-state index is 12.5. The first kappa shape index (κ1) is 62.5. The van der Waals surface area contributed by atoms with Gasteiger partial charge in [0.1, 0.15) is 146 Å². The summed E-state index contributed by atoms with van der Waals surface area (Å²) in [5.74, 6) is -2.36. The third-order valence-electron chi connectivity index (χ3n) is 13.6. The van der Waals surface area contributed by atoms with Gasteiger partial charge in [-0.25, -0.2) is 0 Å². The SMILES string of the molecule is CC(=O)N[C@H]1[C@H](O[C@@H]2[C@H](O)[C@@H](O)[C@H](O[C@H]3[C@H](O)[C@@H](NC(C)=O)[C@H](OC[C@H]4OC(O)[C@H](NC(C)=O)[C@@H](O[C@@H]5O[C@H](CO)[C@H](O)[C@H](O)[C@H]5O)[C@H]4O)O[C@@H]3CO)O[C@@H]2CO)O[C@H](CO)[C@@H](O[C@@H]2O[C@H](CO)[C@H](O)[C@H](O)[C@H]2O)[C@@H]1O. The van der Waals surface area contributed by atoms with Gasteiger partial charge in [0.05, 0.1) is 39.6 Å². The van der Waals surface area contributed by atoms with Gasteiger partial charge in [-0.15, -0.1) is 0 Å². The zero-order valence-electron chi connectivity index (χ0n) is 40.9. The summed E-state index contributed by atoms with van der Waals surface area (Å²) in [7, 11) is 0. The van der Waals surface area contributed by atoms with Crippen LogP contribution in [0, 0.1) is 0 Å². The number of aliphatic hydroxyl groups excluding tert-OH is 17. The Hall–Kier alpha value is -2.71. The fourth-order valence-electron chi connectivity index (χ4n) is 9.63. The second kappa shape index (κ2) is 27.2. The molecule has 20 N–H and O–H groups in total. The molecule has 34 heteroatoms. The number of nitrogens with one attached hydrogen (secondary N) is 3. The van der Waals surface area contributed by atoms with E-state index in [1.54, 1.807) is 0 Å². The first-order valence-corrected chi connectivity index (χ1v) is 24.1. The van der Waals surface area contributed by atoms with Crippen molar-refractivity contribution >= 4 is 17.7 Å². The predicted octanol–water partition coefficient (Wildman–Crippen LogP) is -13.7. The van der Waals surface area contributed by atoms with Crippen LogP contribution in [0.1, 0.15) is 20.8 Å². The Bertz CT molecular complexity index is 1860. The van der Waals surface area contributed by atoms with E-state index >= 15 is 0 Å². The summed E-state index contributed by atoms with van der Waals surface area (Å²) in [5, 5.41) is 188. The number of rotatable bonds is 19. The quantitative estimate of drug-likeness (QED) is 0.0571. The molecule has 3 amide bonds. The molecule has 6 fully saturated rings. The number of amides is 3. The number of aliphatic hydroxyl groups is 17. The molecule has 6 aliphatic heterocycles. The van der Waals surface area contributed by atoms with Crippen molar-refractivity contribution in [3.05, 3.63) is 0 Å². The van der Waals surface area contributed by atoms with E-state index in [0.29, 0.717) is 0 Å². The summed E-state index contributed by atoms with van der Waals surface area (Å²) in [6.45, 7) is -2.38. The Balaban J connectivity index is 1.14. The summed E-state index contributed by atoms with van der Waals surface area (Å²) >= 11 is 0. The highest BCUT2D eigenvalue weighted by Gasteiger charge is 2.57. The second-order valence-electron chi connectivity index (χ2n) is 19.0. The Morgan fingerprint density at radius 2 is 0.671 bits per heavy atom. The monoisotopic (exact) mass is 1110 g/mol. The lowest BCUT2D eigenvalue weighted by molar-refractivity contribution is -0.377. The van der Waals surface area contributed by atoms with Crippen LogP contribution in [0.4, 0.5) is 0 Å². The molecule has 6 saturated heterocycles. The van der Waals surface area contributed by atoms with Crippen molar-refractivity contribution in [1.82, 2.24) is 16.0 Å². The van der Waals surface area contributed by atoms with Gasteiger partial charge in [0.2, 0.25) is 17.7 Å². The minimum Gasteiger partial charge on any atom is -0.394 e. The van der Waals surface area contributed by atoms with Crippen LogP contribution in [0.25, 0.3) is 0 Å². The summed E-state index contributed by atoms with van der Waals surface area (Å²) in [4.78, 5) is 37.0. The van der Waals surface area contributed by atoms with E-state index in [-0.39, 0.29) is 0 Å². The van der Waals surface area contributed by atoms with Gasteiger partial charge in [0.15, 0.2) is 37.7 Å². The molecule has 0 bridgehead atoms. The van der Waals surface area contributed by atoms with Crippen molar-refractivity contribution in [3.8, 4) is 0 Å². The van der Waals surface area contributed by atoms with E-state index in [2.05, 4.69) is 16.0 Å². The van der Waals surface area contributed by atoms with Gasteiger partial charge in [-0.2, -0.15) is 0 Å². The number of hydrogen-bond acceptors (Lipinski definition) is 31. The Kier molecular flexibility index (Phi) is 22.3. The van der Waals surface area contributed by atoms with Crippen molar-refractivity contribution in [1.29, 1.82) is 0 Å². The number of carbonyl (C=O) groups is 3. The predicted molar refractivity (Wildman–Crippen MR) is 234 cm³/mol. The van der Waals surface area contributed by atoms with Crippen LogP contribution in [0.3, 0.4) is 0 Å². The molecule has 1 unspecified atom stereocenters. The zero-order chi connectivity index (χ0) is 56.2. The molecular weight excluding hydrogens is 1040 g/mol. The van der Waals surface area contributed by atoms with Crippen LogP contribution in [0.2, 0.25) is 0 Å². The molecule has 6 rings (SSSR count). The fraction of sp³-hybridized carbons (Fsp3) is 0.929. The molecule has 440 valence electrons. The van der Waals surface area contributed by atoms with Gasteiger partial charge in [0, 0.05) is 20.8 Å². The number of hydrogen-bond donors (Lipinski definition) is 20. The van der Waals surface area contributed by atoms with E-state index < -0.39 is 241 Å². The Morgan fingerprint density at radius 3 is 1.09 bits per heavy atom. The highest BCUT2D eigenvalue weighted by atomic mass is 16.8. The molecule has 0 radical (unpaired) electrons. The largest absolute Gasteiger partial charge is 0.394 e. The summed E-state index contributed by atoms with van der Waals surface area (Å²) in [6.07, 6.45) is -49.6. The Morgan fingerprint density at radius 1 is 0.342 bits per heavy atom. The first-order valence-electron chi connectivity index (χ1n) is 24.1. The van der Waals surface area contributed by atoms with Crippen LogP contribution >= 0.6 is 0 Å². The summed E-state index contributed by atoms with van der Waals surface area (Å²) in [6, 6.07) is -4.93. The molecule has 34 nitrogen and oxygen atoms in total. The first-order chi connectivity index (χ1) is 35.9. The van der Waals surface area contributed by atoms with Gasteiger partial charge in [0.25, 0.3) is 0 Å². The third-order valence-corrected chi connectivity index (χ3v) is 13.6. The molecule has 0 saturated carbocycles. The van der Waals surface area contributed by atoms with Crippen LogP contribution < -0.4 is 16.0 Å². The standard InChI is InChI=1S/C42H71N3O31/c1-10(51)43-19-25(57)33(15(6-48)70-38(19)66-9-18-24(56)36(21(37(65)67-18)45-12(3)53)76-41-31(63)28(60)23(55)14(5-47)69-41)75-42-32(64)29(61)35(17(8-50)72-42)73-39-20(44-11(2)52)26(58)34(16(7-49)71-39)74-40-30(62)27(59)22(54)13(4-46)68-40/h13-42,46-50,54-65H,4-9H2,1-3H3,(H,43,51)(H,44,52)(H,45,53)/t13-,14-,15-,16-,17-,18-,19-,20-,21-,22+,23+,24+,25-,26-,27+,28+,29-,30-,31-,32-,33-,34-,35+,36-,37?,38-,39+,40+,41+,42+/m1/s1.